The lowest BCUT2D eigenvalue weighted by Crippen LogP contribution is -2.02. The smallest absolute Gasteiger partial charge is 0.119 e. The average molecular weight is 246 g/mol. The number of hydrogen-bond donors (Lipinski definition) is 0. The molecule has 0 aliphatic rings. The summed E-state index contributed by atoms with van der Waals surface area (Å²) in [5.41, 5.74) is 2.88. The van der Waals surface area contributed by atoms with E-state index >= 15 is 0 Å². The van der Waals surface area contributed by atoms with Crippen molar-refractivity contribution in [3.63, 3.8) is 0 Å². The monoisotopic (exact) mass is 246 g/mol. The average Bonchev–Trinajstić information content (AvgIpc) is 2.42. The van der Waals surface area contributed by atoms with Crippen molar-refractivity contribution in [1.82, 2.24) is 0 Å². The molecule has 1 aromatic carbocycles. The molecule has 0 saturated carbocycles. The lowest BCUT2D eigenvalue weighted by molar-refractivity contribution is 0.317. The van der Waals surface area contributed by atoms with E-state index in [0.29, 0.717) is 5.92 Å². The van der Waals surface area contributed by atoms with Gasteiger partial charge in [-0.05, 0) is 54.9 Å². The molecule has 1 atom stereocenters. The van der Waals surface area contributed by atoms with Crippen molar-refractivity contribution in [2.75, 3.05) is 6.61 Å². The van der Waals surface area contributed by atoms with Gasteiger partial charge in [0, 0.05) is 0 Å². The maximum absolute atomic E-state index is 5.71. The van der Waals surface area contributed by atoms with Crippen LogP contribution in [-0.2, 0) is 6.42 Å². The summed E-state index contributed by atoms with van der Waals surface area (Å²) in [5, 5.41) is 0. The highest BCUT2D eigenvalue weighted by Gasteiger charge is 2.12. The van der Waals surface area contributed by atoms with Crippen LogP contribution in [0, 0.1) is 0 Å². The molecule has 100 valence electrons. The second-order valence-corrected chi connectivity index (χ2v) is 4.69. The quantitative estimate of drug-likeness (QED) is 0.579. The van der Waals surface area contributed by atoms with Crippen LogP contribution >= 0.6 is 0 Å². The van der Waals surface area contributed by atoms with Gasteiger partial charge in [-0.25, -0.2) is 0 Å². The van der Waals surface area contributed by atoms with Gasteiger partial charge in [-0.2, -0.15) is 0 Å². The first-order chi connectivity index (χ1) is 8.76. The largest absolute Gasteiger partial charge is 0.494 e. The van der Waals surface area contributed by atoms with Gasteiger partial charge >= 0.3 is 0 Å². The predicted molar refractivity (Wildman–Crippen MR) is 79.5 cm³/mol. The van der Waals surface area contributed by atoms with E-state index in [1.54, 1.807) is 0 Å². The molecule has 0 aliphatic heterocycles. The first-order valence-electron chi connectivity index (χ1n) is 7.13. The number of rotatable bonds is 8. The summed E-state index contributed by atoms with van der Waals surface area (Å²) in [6, 6.07) is 6.55. The lowest BCUT2D eigenvalue weighted by atomic mass is 9.88. The van der Waals surface area contributed by atoms with Gasteiger partial charge in [-0.3, -0.25) is 0 Å². The number of aryl methyl sites for hydroxylation is 1. The molecule has 1 heteroatoms. The van der Waals surface area contributed by atoms with Crippen LogP contribution in [0.25, 0.3) is 0 Å². The van der Waals surface area contributed by atoms with Gasteiger partial charge in [0.2, 0.25) is 0 Å². The van der Waals surface area contributed by atoms with Gasteiger partial charge in [-0.15, -0.1) is 6.58 Å². The highest BCUT2D eigenvalue weighted by atomic mass is 16.5. The molecule has 0 bridgehead atoms. The fourth-order valence-electron chi connectivity index (χ4n) is 2.31. The zero-order valence-corrected chi connectivity index (χ0v) is 12.0. The maximum Gasteiger partial charge on any atom is 0.119 e. The van der Waals surface area contributed by atoms with E-state index in [2.05, 4.69) is 45.5 Å². The molecule has 18 heavy (non-hydrogen) atoms. The molecule has 1 unspecified atom stereocenters. The van der Waals surface area contributed by atoms with Crippen molar-refractivity contribution >= 4 is 0 Å². The summed E-state index contributed by atoms with van der Waals surface area (Å²) in [7, 11) is 0. The van der Waals surface area contributed by atoms with Crippen LogP contribution in [0.3, 0.4) is 0 Å². The summed E-state index contributed by atoms with van der Waals surface area (Å²) in [6.45, 7) is 11.2. The van der Waals surface area contributed by atoms with Gasteiger partial charge in [0.25, 0.3) is 0 Å². The number of benzene rings is 1. The third-order valence-corrected chi connectivity index (χ3v) is 3.35. The topological polar surface area (TPSA) is 9.23 Å². The fourth-order valence-corrected chi connectivity index (χ4v) is 2.31. The summed E-state index contributed by atoms with van der Waals surface area (Å²) >= 11 is 0. The molecule has 0 aromatic heterocycles. The van der Waals surface area contributed by atoms with E-state index in [-0.39, 0.29) is 0 Å². The summed E-state index contributed by atoms with van der Waals surface area (Å²) < 4.78 is 5.71. The van der Waals surface area contributed by atoms with Gasteiger partial charge in [0.15, 0.2) is 0 Å². The Labute approximate surface area is 112 Å². The number of ether oxygens (including phenoxy) is 1. The zero-order valence-electron chi connectivity index (χ0n) is 12.0. The van der Waals surface area contributed by atoms with Crippen LogP contribution in [0.15, 0.2) is 30.9 Å². The Kier molecular flexibility index (Phi) is 6.56. The Hall–Kier alpha value is -1.24. The number of allylic oxidation sites excluding steroid dienone is 1. The molecule has 0 fully saturated rings. The van der Waals surface area contributed by atoms with Crippen LogP contribution in [-0.4, -0.2) is 6.61 Å². The van der Waals surface area contributed by atoms with Gasteiger partial charge in [-0.1, -0.05) is 32.9 Å². The second-order valence-electron chi connectivity index (χ2n) is 4.69. The first kappa shape index (κ1) is 14.8. The summed E-state index contributed by atoms with van der Waals surface area (Å²) in [5.74, 6) is 1.60. The first-order valence-corrected chi connectivity index (χ1v) is 7.13. The summed E-state index contributed by atoms with van der Waals surface area (Å²) in [6.07, 6.45) is 6.35. The van der Waals surface area contributed by atoms with E-state index in [1.165, 1.54) is 11.1 Å². The second kappa shape index (κ2) is 7.97. The highest BCUT2D eigenvalue weighted by Crippen LogP contribution is 2.30. The van der Waals surface area contributed by atoms with E-state index < -0.39 is 0 Å². The molecule has 1 nitrogen and oxygen atoms in total. The van der Waals surface area contributed by atoms with Crippen molar-refractivity contribution in [1.29, 1.82) is 0 Å². The molecular weight excluding hydrogens is 220 g/mol. The lowest BCUT2D eigenvalue weighted by Gasteiger charge is -2.18. The SMILES string of the molecule is C=CCC(CC)c1ccc(OCCC)cc1CC. The minimum atomic E-state index is 0.595. The Morgan fingerprint density at radius 3 is 2.61 bits per heavy atom. The number of hydrogen-bond acceptors (Lipinski definition) is 1. The van der Waals surface area contributed by atoms with Crippen molar-refractivity contribution in [3.8, 4) is 5.75 Å². The van der Waals surface area contributed by atoms with E-state index in [4.69, 9.17) is 4.74 Å². The van der Waals surface area contributed by atoms with Crippen molar-refractivity contribution < 1.29 is 4.74 Å². The van der Waals surface area contributed by atoms with Crippen LogP contribution in [0.1, 0.15) is 57.1 Å². The molecule has 0 aliphatic carbocycles. The van der Waals surface area contributed by atoms with Crippen LogP contribution in [0.2, 0.25) is 0 Å². The van der Waals surface area contributed by atoms with E-state index in [0.717, 1.165) is 38.0 Å². The Bertz CT molecular complexity index is 368. The van der Waals surface area contributed by atoms with Gasteiger partial charge in [0.05, 0.1) is 6.61 Å². The van der Waals surface area contributed by atoms with E-state index in [9.17, 15) is 0 Å². The molecule has 0 radical (unpaired) electrons. The maximum atomic E-state index is 5.71. The zero-order chi connectivity index (χ0) is 13.4. The molecule has 0 spiro atoms. The Balaban J connectivity index is 2.94. The van der Waals surface area contributed by atoms with E-state index in [1.807, 2.05) is 6.08 Å². The highest BCUT2D eigenvalue weighted by molar-refractivity contribution is 5.38. The van der Waals surface area contributed by atoms with Gasteiger partial charge in [0.1, 0.15) is 5.75 Å². The predicted octanol–water partition coefficient (Wildman–Crippen LogP) is 5.11. The molecule has 0 amide bonds. The molecule has 1 rings (SSSR count). The molecule has 0 N–H and O–H groups in total. The van der Waals surface area contributed by atoms with Crippen LogP contribution in [0.4, 0.5) is 0 Å². The third kappa shape index (κ3) is 3.90. The Morgan fingerprint density at radius 2 is 2.06 bits per heavy atom. The molecular formula is C17H26O. The van der Waals surface area contributed by atoms with Crippen LogP contribution in [0.5, 0.6) is 5.75 Å². The molecule has 0 heterocycles. The molecule has 0 saturated heterocycles. The van der Waals surface area contributed by atoms with Crippen molar-refractivity contribution in [3.05, 3.63) is 42.0 Å². The van der Waals surface area contributed by atoms with Crippen molar-refractivity contribution in [2.45, 2.75) is 52.4 Å². The summed E-state index contributed by atoms with van der Waals surface area (Å²) in [4.78, 5) is 0. The minimum absolute atomic E-state index is 0.595. The standard InChI is InChI=1S/C17H26O/c1-5-9-14(7-3)17-11-10-16(18-12-6-2)13-15(17)8-4/h5,10-11,13-14H,1,6-9,12H2,2-4H3. The Morgan fingerprint density at radius 1 is 1.28 bits per heavy atom. The fraction of sp³-hybridized carbons (Fsp3) is 0.529. The molecule has 1 aromatic rings. The van der Waals surface area contributed by atoms with Crippen molar-refractivity contribution in [2.24, 2.45) is 0 Å². The van der Waals surface area contributed by atoms with Crippen LogP contribution < -0.4 is 4.74 Å². The van der Waals surface area contributed by atoms with Gasteiger partial charge < -0.3 is 4.74 Å². The third-order valence-electron chi connectivity index (χ3n) is 3.35. The normalized spacial score (nSPS) is 12.2. The minimum Gasteiger partial charge on any atom is -0.494 e.